The summed E-state index contributed by atoms with van der Waals surface area (Å²) < 4.78 is 1.81. The molecule has 1 aromatic rings. The summed E-state index contributed by atoms with van der Waals surface area (Å²) in [5, 5.41) is 4.15. The lowest BCUT2D eigenvalue weighted by Crippen LogP contribution is -2.46. The summed E-state index contributed by atoms with van der Waals surface area (Å²) in [6.07, 6.45) is 4.94. The number of nitrogens with two attached hydrogens (primary N) is 1. The maximum atomic E-state index is 11.7. The molecule has 82 valence electrons. The van der Waals surface area contributed by atoms with Gasteiger partial charge in [0.25, 0.3) is 0 Å². The number of carbonyl (C=O) groups is 1. The van der Waals surface area contributed by atoms with E-state index < -0.39 is 0 Å². The molecule has 2 rings (SSSR count). The highest BCUT2D eigenvalue weighted by Crippen LogP contribution is 2.19. The molecule has 0 aliphatic carbocycles. The molecule has 1 saturated heterocycles. The molecule has 1 atom stereocenters. The van der Waals surface area contributed by atoms with Crippen LogP contribution in [-0.2, 0) is 11.3 Å². The lowest BCUT2D eigenvalue weighted by molar-refractivity contribution is -0.119. The Kier molecular flexibility index (Phi) is 2.73. The molecular formula is C10H16N4O. The van der Waals surface area contributed by atoms with Crippen LogP contribution in [0.3, 0.4) is 0 Å². The number of aryl methyl sites for hydroxylation is 1. The number of amides is 1. The van der Waals surface area contributed by atoms with Gasteiger partial charge in [-0.15, -0.1) is 0 Å². The third-order valence-corrected chi connectivity index (χ3v) is 2.70. The summed E-state index contributed by atoms with van der Waals surface area (Å²) in [5.74, 6) is 0.146. The van der Waals surface area contributed by atoms with Gasteiger partial charge in [0.05, 0.1) is 11.9 Å². The second kappa shape index (κ2) is 4.02. The lowest BCUT2D eigenvalue weighted by Gasteiger charge is -2.29. The zero-order chi connectivity index (χ0) is 10.8. The molecule has 5 nitrogen and oxygen atoms in total. The molecule has 2 heterocycles. The predicted octanol–water partition coefficient (Wildman–Crippen LogP) is 0.357. The number of hydrogen-bond acceptors (Lipinski definition) is 3. The Labute approximate surface area is 88.8 Å². The fourth-order valence-electron chi connectivity index (χ4n) is 1.79. The summed E-state index contributed by atoms with van der Waals surface area (Å²) in [7, 11) is 0. The third kappa shape index (κ3) is 2.02. The summed E-state index contributed by atoms with van der Waals surface area (Å²) in [5.41, 5.74) is 6.70. The Bertz CT molecular complexity index is 360. The Balaban J connectivity index is 2.17. The summed E-state index contributed by atoms with van der Waals surface area (Å²) in [4.78, 5) is 13.4. The van der Waals surface area contributed by atoms with Crippen LogP contribution in [0.2, 0.25) is 0 Å². The molecule has 1 unspecified atom stereocenters. The smallest absolute Gasteiger partial charge is 0.227 e. The molecule has 1 aromatic heterocycles. The van der Waals surface area contributed by atoms with Crippen molar-refractivity contribution >= 4 is 11.6 Å². The van der Waals surface area contributed by atoms with E-state index in [9.17, 15) is 4.79 Å². The molecule has 1 fully saturated rings. The van der Waals surface area contributed by atoms with Gasteiger partial charge < -0.3 is 10.6 Å². The number of piperidine rings is 1. The van der Waals surface area contributed by atoms with Crippen LogP contribution in [0.4, 0.5) is 5.69 Å². The second-order valence-corrected chi connectivity index (χ2v) is 3.86. The number of rotatable bonds is 2. The van der Waals surface area contributed by atoms with E-state index in [-0.39, 0.29) is 11.9 Å². The summed E-state index contributed by atoms with van der Waals surface area (Å²) in [6, 6.07) is 0.0904. The largest absolute Gasteiger partial charge is 0.326 e. The van der Waals surface area contributed by atoms with Crippen molar-refractivity contribution in [2.75, 3.05) is 11.4 Å². The Morgan fingerprint density at radius 3 is 3.13 bits per heavy atom. The van der Waals surface area contributed by atoms with Gasteiger partial charge in [0.1, 0.15) is 0 Å². The minimum absolute atomic E-state index is 0.0904. The number of carbonyl (C=O) groups excluding carboxylic acids is 1. The molecule has 0 aromatic carbocycles. The van der Waals surface area contributed by atoms with E-state index in [0.29, 0.717) is 13.0 Å². The van der Waals surface area contributed by atoms with Crippen molar-refractivity contribution in [2.24, 2.45) is 5.73 Å². The van der Waals surface area contributed by atoms with Gasteiger partial charge in [-0.3, -0.25) is 9.48 Å². The molecule has 5 heteroatoms. The van der Waals surface area contributed by atoms with E-state index >= 15 is 0 Å². The van der Waals surface area contributed by atoms with E-state index in [4.69, 9.17) is 5.73 Å². The molecule has 15 heavy (non-hydrogen) atoms. The van der Waals surface area contributed by atoms with Gasteiger partial charge in [-0.2, -0.15) is 5.10 Å². The number of hydrogen-bond donors (Lipinski definition) is 1. The van der Waals surface area contributed by atoms with Gasteiger partial charge in [-0.05, 0) is 13.3 Å². The fourth-order valence-corrected chi connectivity index (χ4v) is 1.79. The van der Waals surface area contributed by atoms with E-state index in [1.807, 2.05) is 17.8 Å². The van der Waals surface area contributed by atoms with Crippen LogP contribution in [-0.4, -0.2) is 28.3 Å². The summed E-state index contributed by atoms with van der Waals surface area (Å²) >= 11 is 0. The Hall–Kier alpha value is -1.36. The van der Waals surface area contributed by atoms with Crippen LogP contribution < -0.4 is 10.6 Å². The fraction of sp³-hybridized carbons (Fsp3) is 0.600. The third-order valence-electron chi connectivity index (χ3n) is 2.70. The SMILES string of the molecule is CCn1cc(N2CC(N)CCC2=O)cn1. The van der Waals surface area contributed by atoms with E-state index in [1.54, 1.807) is 11.1 Å². The molecule has 0 saturated carbocycles. The van der Waals surface area contributed by atoms with Crippen LogP contribution >= 0.6 is 0 Å². The maximum Gasteiger partial charge on any atom is 0.227 e. The predicted molar refractivity (Wildman–Crippen MR) is 57.5 cm³/mol. The first kappa shape index (κ1) is 10.2. The van der Waals surface area contributed by atoms with Gasteiger partial charge in [0.2, 0.25) is 5.91 Å². The van der Waals surface area contributed by atoms with E-state index in [0.717, 1.165) is 18.7 Å². The van der Waals surface area contributed by atoms with Gasteiger partial charge in [-0.1, -0.05) is 0 Å². The number of aromatic nitrogens is 2. The van der Waals surface area contributed by atoms with Crippen molar-refractivity contribution in [3.8, 4) is 0 Å². The first-order valence-corrected chi connectivity index (χ1v) is 5.29. The van der Waals surface area contributed by atoms with Crippen molar-refractivity contribution in [1.29, 1.82) is 0 Å². The van der Waals surface area contributed by atoms with Crippen LogP contribution in [0.25, 0.3) is 0 Å². The van der Waals surface area contributed by atoms with Crippen molar-refractivity contribution in [3.05, 3.63) is 12.4 Å². The molecule has 0 bridgehead atoms. The Morgan fingerprint density at radius 2 is 2.47 bits per heavy atom. The molecule has 1 aliphatic heterocycles. The summed E-state index contributed by atoms with van der Waals surface area (Å²) in [6.45, 7) is 3.43. The molecule has 2 N–H and O–H groups in total. The first-order chi connectivity index (χ1) is 7.20. The van der Waals surface area contributed by atoms with E-state index in [2.05, 4.69) is 5.10 Å². The number of nitrogens with zero attached hydrogens (tertiary/aromatic N) is 3. The molecular weight excluding hydrogens is 192 g/mol. The van der Waals surface area contributed by atoms with E-state index in [1.165, 1.54) is 0 Å². The molecule has 1 amide bonds. The molecule has 0 spiro atoms. The first-order valence-electron chi connectivity index (χ1n) is 5.29. The minimum Gasteiger partial charge on any atom is -0.326 e. The Morgan fingerprint density at radius 1 is 1.67 bits per heavy atom. The zero-order valence-corrected chi connectivity index (χ0v) is 8.89. The lowest BCUT2D eigenvalue weighted by atomic mass is 10.1. The van der Waals surface area contributed by atoms with Crippen LogP contribution in [0, 0.1) is 0 Å². The van der Waals surface area contributed by atoms with Gasteiger partial charge >= 0.3 is 0 Å². The van der Waals surface area contributed by atoms with Crippen molar-refractivity contribution < 1.29 is 4.79 Å². The van der Waals surface area contributed by atoms with Crippen molar-refractivity contribution in [3.63, 3.8) is 0 Å². The highest BCUT2D eigenvalue weighted by Gasteiger charge is 2.25. The monoisotopic (exact) mass is 208 g/mol. The standard InChI is InChI=1S/C10H16N4O/c1-2-13-7-9(5-12-13)14-6-8(11)3-4-10(14)15/h5,7-8H,2-4,6,11H2,1H3. The van der Waals surface area contributed by atoms with Crippen molar-refractivity contribution in [2.45, 2.75) is 32.4 Å². The molecule has 0 radical (unpaired) electrons. The second-order valence-electron chi connectivity index (χ2n) is 3.86. The zero-order valence-electron chi connectivity index (χ0n) is 8.89. The van der Waals surface area contributed by atoms with Gasteiger partial charge in [0.15, 0.2) is 0 Å². The average Bonchev–Trinajstić information content (AvgIpc) is 2.70. The normalized spacial score (nSPS) is 22.1. The molecule has 1 aliphatic rings. The minimum atomic E-state index is 0.0904. The topological polar surface area (TPSA) is 64.2 Å². The highest BCUT2D eigenvalue weighted by atomic mass is 16.2. The van der Waals surface area contributed by atoms with Crippen LogP contribution in [0.15, 0.2) is 12.4 Å². The maximum absolute atomic E-state index is 11.7. The van der Waals surface area contributed by atoms with Crippen LogP contribution in [0.5, 0.6) is 0 Å². The van der Waals surface area contributed by atoms with Gasteiger partial charge in [0, 0.05) is 31.7 Å². The average molecular weight is 208 g/mol. The quantitative estimate of drug-likeness (QED) is 0.763. The highest BCUT2D eigenvalue weighted by molar-refractivity contribution is 5.93. The van der Waals surface area contributed by atoms with Gasteiger partial charge in [-0.25, -0.2) is 0 Å². The van der Waals surface area contributed by atoms with Crippen LogP contribution in [0.1, 0.15) is 19.8 Å². The number of anilines is 1. The van der Waals surface area contributed by atoms with Crippen molar-refractivity contribution in [1.82, 2.24) is 9.78 Å².